The zero-order valence-corrected chi connectivity index (χ0v) is 10.9. The summed E-state index contributed by atoms with van der Waals surface area (Å²) in [7, 11) is 0. The van der Waals surface area contributed by atoms with Gasteiger partial charge in [-0.1, -0.05) is 12.8 Å². The standard InChI is InChI=1S/C14H25NO2/c1-11-10-12(8-9-15-11)14(16)17-13-6-4-2-3-5-7-13/h11-13,15H,2-10H2,1H3. The molecule has 0 radical (unpaired) electrons. The van der Waals surface area contributed by atoms with Crippen LogP contribution in [0.1, 0.15) is 58.3 Å². The summed E-state index contributed by atoms with van der Waals surface area (Å²) in [5.74, 6) is 0.194. The zero-order chi connectivity index (χ0) is 12.1. The SMILES string of the molecule is CC1CC(C(=O)OC2CCCCCC2)CCN1. The van der Waals surface area contributed by atoms with E-state index >= 15 is 0 Å². The summed E-state index contributed by atoms with van der Waals surface area (Å²) in [4.78, 5) is 12.1. The van der Waals surface area contributed by atoms with Gasteiger partial charge in [-0.2, -0.15) is 0 Å². The van der Waals surface area contributed by atoms with Crippen LogP contribution in [0.25, 0.3) is 0 Å². The Morgan fingerprint density at radius 1 is 1.12 bits per heavy atom. The molecule has 3 nitrogen and oxygen atoms in total. The second kappa shape index (κ2) is 6.39. The summed E-state index contributed by atoms with van der Waals surface area (Å²) in [5, 5.41) is 3.37. The topological polar surface area (TPSA) is 38.3 Å². The molecule has 0 aromatic carbocycles. The van der Waals surface area contributed by atoms with Crippen molar-refractivity contribution in [1.82, 2.24) is 5.32 Å². The van der Waals surface area contributed by atoms with Crippen molar-refractivity contribution >= 4 is 5.97 Å². The Hall–Kier alpha value is -0.570. The fourth-order valence-electron chi connectivity index (χ4n) is 2.97. The zero-order valence-electron chi connectivity index (χ0n) is 10.9. The van der Waals surface area contributed by atoms with Crippen molar-refractivity contribution in [1.29, 1.82) is 0 Å². The average molecular weight is 239 g/mol. The van der Waals surface area contributed by atoms with E-state index in [0.717, 1.165) is 32.2 Å². The fourth-order valence-corrected chi connectivity index (χ4v) is 2.97. The van der Waals surface area contributed by atoms with E-state index in [1.165, 1.54) is 25.7 Å². The van der Waals surface area contributed by atoms with Gasteiger partial charge in [-0.3, -0.25) is 4.79 Å². The second-order valence-corrected chi connectivity index (χ2v) is 5.63. The summed E-state index contributed by atoms with van der Waals surface area (Å²) >= 11 is 0. The molecule has 1 heterocycles. The molecule has 1 N–H and O–H groups in total. The van der Waals surface area contributed by atoms with Crippen molar-refractivity contribution in [2.24, 2.45) is 5.92 Å². The molecule has 1 aliphatic heterocycles. The van der Waals surface area contributed by atoms with Crippen molar-refractivity contribution in [3.05, 3.63) is 0 Å². The summed E-state index contributed by atoms with van der Waals surface area (Å²) in [5.41, 5.74) is 0. The lowest BCUT2D eigenvalue weighted by atomic mass is 9.93. The van der Waals surface area contributed by atoms with Crippen LogP contribution in [0.3, 0.4) is 0 Å². The monoisotopic (exact) mass is 239 g/mol. The minimum Gasteiger partial charge on any atom is -0.462 e. The number of hydrogen-bond acceptors (Lipinski definition) is 3. The van der Waals surface area contributed by atoms with Crippen LogP contribution in [0.4, 0.5) is 0 Å². The summed E-state index contributed by atoms with van der Waals surface area (Å²) < 4.78 is 5.69. The molecule has 98 valence electrons. The molecule has 1 saturated carbocycles. The molecule has 17 heavy (non-hydrogen) atoms. The van der Waals surface area contributed by atoms with E-state index in [1.54, 1.807) is 0 Å². The van der Waals surface area contributed by atoms with Gasteiger partial charge < -0.3 is 10.1 Å². The van der Waals surface area contributed by atoms with Gasteiger partial charge in [0.2, 0.25) is 0 Å². The van der Waals surface area contributed by atoms with Gasteiger partial charge in [0, 0.05) is 6.04 Å². The number of carbonyl (C=O) groups is 1. The first-order valence-corrected chi connectivity index (χ1v) is 7.19. The van der Waals surface area contributed by atoms with Gasteiger partial charge in [0.15, 0.2) is 0 Å². The Bertz CT molecular complexity index is 247. The molecule has 2 atom stereocenters. The van der Waals surface area contributed by atoms with E-state index in [0.29, 0.717) is 6.04 Å². The first-order chi connectivity index (χ1) is 8.25. The molecular weight excluding hydrogens is 214 g/mol. The first kappa shape index (κ1) is 12.9. The minimum atomic E-state index is 0.0604. The van der Waals surface area contributed by atoms with Crippen LogP contribution >= 0.6 is 0 Å². The van der Waals surface area contributed by atoms with Crippen LogP contribution in [0.2, 0.25) is 0 Å². The Morgan fingerprint density at radius 2 is 1.82 bits per heavy atom. The highest BCUT2D eigenvalue weighted by atomic mass is 16.5. The predicted octanol–water partition coefficient (Wildman–Crippen LogP) is 2.64. The van der Waals surface area contributed by atoms with Crippen LogP contribution in [0, 0.1) is 5.92 Å². The lowest BCUT2D eigenvalue weighted by Crippen LogP contribution is -2.39. The van der Waals surface area contributed by atoms with Crippen molar-refractivity contribution in [2.75, 3.05) is 6.54 Å². The molecule has 2 unspecified atom stereocenters. The number of esters is 1. The van der Waals surface area contributed by atoms with E-state index in [1.807, 2.05) is 0 Å². The highest BCUT2D eigenvalue weighted by Gasteiger charge is 2.28. The quantitative estimate of drug-likeness (QED) is 0.594. The smallest absolute Gasteiger partial charge is 0.309 e. The third-order valence-corrected chi connectivity index (χ3v) is 4.04. The lowest BCUT2D eigenvalue weighted by Gasteiger charge is -2.28. The molecule has 0 spiro atoms. The van der Waals surface area contributed by atoms with E-state index in [9.17, 15) is 4.79 Å². The molecule has 2 rings (SSSR count). The molecule has 1 aliphatic carbocycles. The third-order valence-electron chi connectivity index (χ3n) is 4.04. The van der Waals surface area contributed by atoms with Gasteiger partial charge in [0.25, 0.3) is 0 Å². The number of rotatable bonds is 2. The molecular formula is C14H25NO2. The lowest BCUT2D eigenvalue weighted by molar-refractivity contribution is -0.156. The Balaban J connectivity index is 1.78. The molecule has 0 amide bonds. The first-order valence-electron chi connectivity index (χ1n) is 7.19. The molecule has 0 bridgehead atoms. The molecule has 0 aromatic heterocycles. The van der Waals surface area contributed by atoms with Crippen molar-refractivity contribution < 1.29 is 9.53 Å². The number of carbonyl (C=O) groups excluding carboxylic acids is 1. The minimum absolute atomic E-state index is 0.0604. The number of hydrogen-bond donors (Lipinski definition) is 1. The van der Waals surface area contributed by atoms with Crippen LogP contribution in [-0.2, 0) is 9.53 Å². The van der Waals surface area contributed by atoms with Gasteiger partial charge in [0.1, 0.15) is 6.10 Å². The maximum Gasteiger partial charge on any atom is 0.309 e. The highest BCUT2D eigenvalue weighted by molar-refractivity contribution is 5.72. The van der Waals surface area contributed by atoms with Crippen LogP contribution in [0.5, 0.6) is 0 Å². The van der Waals surface area contributed by atoms with Crippen LogP contribution in [-0.4, -0.2) is 24.7 Å². The molecule has 1 saturated heterocycles. The number of piperidine rings is 1. The van der Waals surface area contributed by atoms with Crippen molar-refractivity contribution in [2.45, 2.75) is 70.4 Å². The molecule has 3 heteroatoms. The highest BCUT2D eigenvalue weighted by Crippen LogP contribution is 2.23. The van der Waals surface area contributed by atoms with Gasteiger partial charge >= 0.3 is 5.97 Å². The van der Waals surface area contributed by atoms with E-state index in [2.05, 4.69) is 12.2 Å². The van der Waals surface area contributed by atoms with Gasteiger partial charge in [-0.15, -0.1) is 0 Å². The Morgan fingerprint density at radius 3 is 2.47 bits per heavy atom. The Kier molecular flexibility index (Phi) is 4.84. The predicted molar refractivity (Wildman–Crippen MR) is 67.8 cm³/mol. The number of ether oxygens (including phenoxy) is 1. The Labute approximate surface area is 104 Å². The maximum absolute atomic E-state index is 12.1. The summed E-state index contributed by atoms with van der Waals surface area (Å²) in [6, 6.07) is 0.454. The van der Waals surface area contributed by atoms with Gasteiger partial charge in [0.05, 0.1) is 5.92 Å². The summed E-state index contributed by atoms with van der Waals surface area (Å²) in [6.45, 7) is 3.09. The van der Waals surface area contributed by atoms with Crippen molar-refractivity contribution in [3.63, 3.8) is 0 Å². The van der Waals surface area contributed by atoms with Crippen LogP contribution in [0.15, 0.2) is 0 Å². The third kappa shape index (κ3) is 3.98. The second-order valence-electron chi connectivity index (χ2n) is 5.63. The molecule has 2 fully saturated rings. The van der Waals surface area contributed by atoms with Gasteiger partial charge in [-0.05, 0) is 52.0 Å². The van der Waals surface area contributed by atoms with Crippen molar-refractivity contribution in [3.8, 4) is 0 Å². The average Bonchev–Trinajstić information content (AvgIpc) is 2.57. The molecule has 2 aliphatic rings. The van der Waals surface area contributed by atoms with E-state index in [-0.39, 0.29) is 18.0 Å². The maximum atomic E-state index is 12.1. The van der Waals surface area contributed by atoms with Crippen LogP contribution < -0.4 is 5.32 Å². The largest absolute Gasteiger partial charge is 0.462 e. The normalized spacial score (nSPS) is 31.8. The fraction of sp³-hybridized carbons (Fsp3) is 0.929. The van der Waals surface area contributed by atoms with E-state index < -0.39 is 0 Å². The molecule has 0 aromatic rings. The number of nitrogens with one attached hydrogen (secondary N) is 1. The van der Waals surface area contributed by atoms with Gasteiger partial charge in [-0.25, -0.2) is 0 Å². The summed E-state index contributed by atoms with van der Waals surface area (Å²) in [6.07, 6.45) is 9.29. The van der Waals surface area contributed by atoms with E-state index in [4.69, 9.17) is 4.74 Å².